The molecule has 3 saturated heterocycles. The third-order valence-corrected chi connectivity index (χ3v) is 10.9. The molecule has 0 saturated carbocycles. The first-order valence-electron chi connectivity index (χ1n) is 19.0. The number of hydrogen-bond donors (Lipinski definition) is 1. The number of piperidine rings is 2. The minimum absolute atomic E-state index is 0.000479. The lowest BCUT2D eigenvalue weighted by atomic mass is 9.99. The molecule has 298 valence electrons. The van der Waals surface area contributed by atoms with Crippen LogP contribution in [-0.2, 0) is 21.4 Å². The molecule has 2 aromatic heterocycles. The molecular formula is C42H46N6O9. The molecule has 15 nitrogen and oxygen atoms in total. The van der Waals surface area contributed by atoms with Crippen LogP contribution in [0.2, 0.25) is 0 Å². The van der Waals surface area contributed by atoms with Crippen LogP contribution < -0.4 is 30.0 Å². The van der Waals surface area contributed by atoms with Crippen molar-refractivity contribution >= 4 is 46.3 Å². The number of nitrogens with one attached hydrogen (secondary N) is 1. The first-order valence-corrected chi connectivity index (χ1v) is 19.0. The molecule has 2 aromatic carbocycles. The predicted molar refractivity (Wildman–Crippen MR) is 213 cm³/mol. The van der Waals surface area contributed by atoms with E-state index in [2.05, 4.69) is 10.3 Å². The average Bonchev–Trinajstić information content (AvgIpc) is 3.24. The van der Waals surface area contributed by atoms with Crippen molar-refractivity contribution in [2.45, 2.75) is 44.3 Å². The summed E-state index contributed by atoms with van der Waals surface area (Å²) in [6.07, 6.45) is 11.2. The second kappa shape index (κ2) is 16.9. The Morgan fingerprint density at radius 2 is 1.46 bits per heavy atom. The molecule has 5 heterocycles. The van der Waals surface area contributed by atoms with Crippen LogP contribution in [0.3, 0.4) is 0 Å². The number of fused-ring (bicyclic) bond motifs is 1. The van der Waals surface area contributed by atoms with E-state index < -0.39 is 6.03 Å². The Labute approximate surface area is 329 Å². The van der Waals surface area contributed by atoms with Crippen LogP contribution in [-0.4, -0.2) is 109 Å². The van der Waals surface area contributed by atoms with E-state index in [1.807, 2.05) is 23.1 Å². The van der Waals surface area contributed by atoms with E-state index in [-0.39, 0.29) is 48.5 Å². The van der Waals surface area contributed by atoms with Crippen LogP contribution in [0.25, 0.3) is 28.0 Å². The zero-order valence-corrected chi connectivity index (χ0v) is 32.5. The van der Waals surface area contributed by atoms with Crippen molar-refractivity contribution in [3.63, 3.8) is 0 Å². The number of benzene rings is 2. The number of carbonyl (C=O) groups excluding carboxylic acids is 4. The van der Waals surface area contributed by atoms with Crippen molar-refractivity contribution in [3.05, 3.63) is 82.5 Å². The van der Waals surface area contributed by atoms with Gasteiger partial charge in [0.05, 0.1) is 50.2 Å². The van der Waals surface area contributed by atoms with Crippen LogP contribution in [0, 0.1) is 0 Å². The van der Waals surface area contributed by atoms with E-state index in [4.69, 9.17) is 18.9 Å². The van der Waals surface area contributed by atoms with Crippen molar-refractivity contribution in [1.82, 2.24) is 24.7 Å². The number of ether oxygens (including phenoxy) is 4. The maximum Gasteiger partial charge on any atom is 0.328 e. The summed E-state index contributed by atoms with van der Waals surface area (Å²) in [4.78, 5) is 73.0. The lowest BCUT2D eigenvalue weighted by Crippen LogP contribution is -2.49. The van der Waals surface area contributed by atoms with Gasteiger partial charge in [0.1, 0.15) is 17.2 Å². The fourth-order valence-electron chi connectivity index (χ4n) is 7.75. The van der Waals surface area contributed by atoms with Gasteiger partial charge in [-0.25, -0.2) is 4.79 Å². The highest BCUT2D eigenvalue weighted by Gasteiger charge is 2.31. The molecule has 0 spiro atoms. The molecule has 57 heavy (non-hydrogen) atoms. The number of likely N-dealkylation sites (tertiary alicyclic amines) is 2. The quantitative estimate of drug-likeness (QED) is 0.229. The van der Waals surface area contributed by atoms with E-state index in [1.54, 1.807) is 69.0 Å². The standard InChI is InChI=1S/C42H46N6O9/c1-45-25-33(30-9-15-43-24-32(30)41(45)52)27-22-36(55-3)31(37(23-27)56-4)6-8-39(50)46-16-10-28(11-17-46)57-29-12-18-47(19-13-29)40(51)26-5-7-35(54-2)34(21-26)48-20-14-38(49)44-42(48)53/h5-9,15,21-25,28-29H,10-14,16-20H2,1-4H3,(H,44,49,53)/b8-6+. The molecule has 0 atom stereocenters. The van der Waals surface area contributed by atoms with Gasteiger partial charge in [-0.2, -0.15) is 0 Å². The van der Waals surface area contributed by atoms with E-state index in [0.29, 0.717) is 91.3 Å². The zero-order chi connectivity index (χ0) is 40.2. The first kappa shape index (κ1) is 39.0. The normalized spacial score (nSPS) is 16.9. The summed E-state index contributed by atoms with van der Waals surface area (Å²) in [5, 5.41) is 3.58. The maximum absolute atomic E-state index is 13.5. The Morgan fingerprint density at radius 1 is 0.807 bits per heavy atom. The van der Waals surface area contributed by atoms with Crippen LogP contribution in [0.15, 0.2) is 65.9 Å². The second-order valence-electron chi connectivity index (χ2n) is 14.3. The van der Waals surface area contributed by atoms with Crippen molar-refractivity contribution < 1.29 is 38.1 Å². The number of hydrogen-bond acceptors (Lipinski definition) is 10. The molecular weight excluding hydrogens is 732 g/mol. The molecule has 0 bridgehead atoms. The van der Waals surface area contributed by atoms with Crippen molar-refractivity contribution in [2.24, 2.45) is 7.05 Å². The van der Waals surface area contributed by atoms with Gasteiger partial charge in [0.15, 0.2) is 0 Å². The number of aryl methyl sites for hydroxylation is 1. The average molecular weight is 779 g/mol. The number of rotatable bonds is 10. The smallest absolute Gasteiger partial charge is 0.328 e. The van der Waals surface area contributed by atoms with Crippen molar-refractivity contribution in [2.75, 3.05) is 59.0 Å². The third-order valence-electron chi connectivity index (χ3n) is 10.9. The van der Waals surface area contributed by atoms with E-state index in [1.165, 1.54) is 22.7 Å². The van der Waals surface area contributed by atoms with Gasteiger partial charge in [0, 0.05) is 82.0 Å². The maximum atomic E-state index is 13.5. The number of imide groups is 1. The highest BCUT2D eigenvalue weighted by molar-refractivity contribution is 6.07. The second-order valence-corrected chi connectivity index (χ2v) is 14.3. The minimum atomic E-state index is -0.546. The number of carbonyl (C=O) groups is 4. The summed E-state index contributed by atoms with van der Waals surface area (Å²) < 4.78 is 25.0. The highest BCUT2D eigenvalue weighted by Crippen LogP contribution is 2.38. The Balaban J connectivity index is 0.929. The van der Waals surface area contributed by atoms with Gasteiger partial charge in [0.25, 0.3) is 11.5 Å². The zero-order valence-electron chi connectivity index (χ0n) is 32.5. The Bertz CT molecular complexity index is 2260. The minimum Gasteiger partial charge on any atom is -0.496 e. The summed E-state index contributed by atoms with van der Waals surface area (Å²) in [7, 11) is 6.32. The third kappa shape index (κ3) is 8.19. The van der Waals surface area contributed by atoms with Crippen molar-refractivity contribution in [3.8, 4) is 28.4 Å². The van der Waals surface area contributed by atoms with Crippen LogP contribution >= 0.6 is 0 Å². The highest BCUT2D eigenvalue weighted by atomic mass is 16.5. The summed E-state index contributed by atoms with van der Waals surface area (Å²) in [6.45, 7) is 2.35. The van der Waals surface area contributed by atoms with Crippen LogP contribution in [0.4, 0.5) is 10.5 Å². The molecule has 0 unspecified atom stereocenters. The first-order chi connectivity index (χ1) is 27.6. The molecule has 5 amide bonds. The topological polar surface area (TPSA) is 162 Å². The van der Waals surface area contributed by atoms with Gasteiger partial charge in [-0.1, -0.05) is 0 Å². The fraction of sp³-hybridized carbons (Fsp3) is 0.381. The Kier molecular flexibility index (Phi) is 11.6. The van der Waals surface area contributed by atoms with Gasteiger partial charge in [-0.05, 0) is 79.1 Å². The van der Waals surface area contributed by atoms with E-state index in [9.17, 15) is 24.0 Å². The largest absolute Gasteiger partial charge is 0.496 e. The van der Waals surface area contributed by atoms with Gasteiger partial charge in [0.2, 0.25) is 11.8 Å². The molecule has 3 fully saturated rings. The predicted octanol–water partition coefficient (Wildman–Crippen LogP) is 4.40. The SMILES string of the molecule is COc1ccc(C(=O)N2CCC(OC3CCN(C(=O)/C=C/c4c(OC)cc(-c5cn(C)c(=O)c6cnccc56)cc4OC)CC3)CC2)cc1N1CCC(=O)NC1=O. The molecule has 3 aliphatic rings. The summed E-state index contributed by atoms with van der Waals surface area (Å²) in [5.41, 5.74) is 2.95. The molecule has 15 heteroatoms. The molecule has 1 N–H and O–H groups in total. The van der Waals surface area contributed by atoms with Gasteiger partial charge in [-0.15, -0.1) is 0 Å². The Morgan fingerprint density at radius 3 is 2.09 bits per heavy atom. The number of anilines is 1. The summed E-state index contributed by atoms with van der Waals surface area (Å²) >= 11 is 0. The number of amides is 5. The monoisotopic (exact) mass is 778 g/mol. The Hall–Kier alpha value is -6.22. The van der Waals surface area contributed by atoms with Gasteiger partial charge < -0.3 is 33.3 Å². The lowest BCUT2D eigenvalue weighted by Gasteiger charge is -2.37. The molecule has 3 aliphatic heterocycles. The number of aromatic nitrogens is 2. The van der Waals surface area contributed by atoms with E-state index in [0.717, 1.165) is 16.5 Å². The fourth-order valence-corrected chi connectivity index (χ4v) is 7.75. The summed E-state index contributed by atoms with van der Waals surface area (Å²) in [6, 6.07) is 9.99. The van der Waals surface area contributed by atoms with Crippen molar-refractivity contribution in [1.29, 1.82) is 0 Å². The molecule has 0 aliphatic carbocycles. The summed E-state index contributed by atoms with van der Waals surface area (Å²) in [5.74, 6) is 0.861. The van der Waals surface area contributed by atoms with Gasteiger partial charge >= 0.3 is 6.03 Å². The lowest BCUT2D eigenvalue weighted by molar-refractivity contribution is -0.130. The van der Waals surface area contributed by atoms with E-state index >= 15 is 0 Å². The van der Waals surface area contributed by atoms with Crippen LogP contribution in [0.1, 0.15) is 48.0 Å². The number of nitrogens with zero attached hydrogens (tertiary/aromatic N) is 5. The molecule has 0 radical (unpaired) electrons. The van der Waals surface area contributed by atoms with Crippen LogP contribution in [0.5, 0.6) is 17.2 Å². The van der Waals surface area contributed by atoms with Gasteiger partial charge in [-0.3, -0.25) is 34.4 Å². The number of urea groups is 1. The number of pyridine rings is 2. The number of methoxy groups -OCH3 is 3. The molecule has 4 aromatic rings. The molecule has 7 rings (SSSR count).